The molecule has 2 N–H and O–H groups in total. The van der Waals surface area contributed by atoms with Crippen molar-refractivity contribution in [2.24, 2.45) is 5.41 Å². The van der Waals surface area contributed by atoms with E-state index in [0.29, 0.717) is 5.41 Å². The molecule has 0 radical (unpaired) electrons. The first-order valence-corrected chi connectivity index (χ1v) is 5.48. The number of nitrogens with two attached hydrogens (primary N) is 1. The summed E-state index contributed by atoms with van der Waals surface area (Å²) in [5, 5.41) is 0. The molecule has 15 heavy (non-hydrogen) atoms. The fourth-order valence-corrected chi connectivity index (χ4v) is 2.12. The lowest BCUT2D eigenvalue weighted by molar-refractivity contribution is 0.282. The Morgan fingerprint density at radius 2 is 2.27 bits per heavy atom. The number of nitrogen functional groups attached to an aromatic ring is 1. The molecule has 0 bridgehead atoms. The van der Waals surface area contributed by atoms with Gasteiger partial charge in [0.05, 0.1) is 17.6 Å². The molecule has 0 atom stereocenters. The predicted octanol–water partition coefficient (Wildman–Crippen LogP) is 1.90. The molecule has 2 heterocycles. The van der Waals surface area contributed by atoms with Gasteiger partial charge < -0.3 is 5.73 Å². The summed E-state index contributed by atoms with van der Waals surface area (Å²) >= 11 is 0. The van der Waals surface area contributed by atoms with Gasteiger partial charge in [0.1, 0.15) is 0 Å². The Morgan fingerprint density at radius 1 is 1.47 bits per heavy atom. The van der Waals surface area contributed by atoms with Gasteiger partial charge in [0.2, 0.25) is 0 Å². The third-order valence-electron chi connectivity index (χ3n) is 2.99. The highest BCUT2D eigenvalue weighted by Crippen LogP contribution is 2.29. The molecule has 1 saturated heterocycles. The van der Waals surface area contributed by atoms with E-state index in [-0.39, 0.29) is 0 Å². The maximum atomic E-state index is 5.60. The van der Waals surface area contributed by atoms with Gasteiger partial charge in [-0.25, -0.2) is 0 Å². The largest absolute Gasteiger partial charge is 0.397 e. The molecule has 0 unspecified atom stereocenters. The van der Waals surface area contributed by atoms with Crippen LogP contribution in [0.1, 0.15) is 26.0 Å². The van der Waals surface area contributed by atoms with Gasteiger partial charge in [-0.15, -0.1) is 0 Å². The van der Waals surface area contributed by atoms with Crippen LogP contribution in [-0.4, -0.2) is 23.0 Å². The molecule has 0 amide bonds. The van der Waals surface area contributed by atoms with Crippen LogP contribution < -0.4 is 5.73 Å². The zero-order chi connectivity index (χ0) is 10.9. The van der Waals surface area contributed by atoms with E-state index in [1.54, 1.807) is 6.20 Å². The van der Waals surface area contributed by atoms with Gasteiger partial charge >= 0.3 is 0 Å². The third kappa shape index (κ3) is 2.69. The first-order chi connectivity index (χ1) is 7.05. The molecule has 3 nitrogen and oxygen atoms in total. The molecule has 2 rings (SSSR count). The molecule has 1 aliphatic heterocycles. The standard InChI is InChI=1S/C12H19N3/c1-12(2)5-6-15(9-12)8-11-4-3-10(13)7-14-11/h3-4,7H,5-6,8-9,13H2,1-2H3. The van der Waals surface area contributed by atoms with Crippen LogP contribution in [0.4, 0.5) is 5.69 Å². The van der Waals surface area contributed by atoms with Crippen LogP contribution in [0.25, 0.3) is 0 Å². The quantitative estimate of drug-likeness (QED) is 0.801. The number of anilines is 1. The van der Waals surface area contributed by atoms with Crippen LogP contribution in [-0.2, 0) is 6.54 Å². The molecule has 0 spiro atoms. The first kappa shape index (κ1) is 10.4. The third-order valence-corrected chi connectivity index (χ3v) is 2.99. The van der Waals surface area contributed by atoms with E-state index in [0.717, 1.165) is 17.9 Å². The Kier molecular flexibility index (Phi) is 2.65. The molecule has 1 aromatic rings. The summed E-state index contributed by atoms with van der Waals surface area (Å²) in [6.07, 6.45) is 3.01. The summed E-state index contributed by atoms with van der Waals surface area (Å²) in [5.74, 6) is 0. The molecule has 1 fully saturated rings. The monoisotopic (exact) mass is 205 g/mol. The second-order valence-corrected chi connectivity index (χ2v) is 5.21. The van der Waals surface area contributed by atoms with Crippen molar-refractivity contribution in [1.82, 2.24) is 9.88 Å². The molecule has 0 aliphatic carbocycles. The minimum absolute atomic E-state index is 0.466. The van der Waals surface area contributed by atoms with E-state index in [4.69, 9.17) is 5.73 Å². The van der Waals surface area contributed by atoms with E-state index in [2.05, 4.69) is 23.7 Å². The average Bonchev–Trinajstić information content (AvgIpc) is 2.50. The maximum absolute atomic E-state index is 5.60. The Balaban J connectivity index is 1.96. The summed E-state index contributed by atoms with van der Waals surface area (Å²) in [6.45, 7) is 7.94. The topological polar surface area (TPSA) is 42.1 Å². The number of aromatic nitrogens is 1. The lowest BCUT2D eigenvalue weighted by atomic mass is 9.93. The van der Waals surface area contributed by atoms with Gasteiger partial charge in [0.15, 0.2) is 0 Å². The summed E-state index contributed by atoms with van der Waals surface area (Å²) in [6, 6.07) is 3.93. The molecule has 82 valence electrons. The van der Waals surface area contributed by atoms with Crippen molar-refractivity contribution in [2.75, 3.05) is 18.8 Å². The Hall–Kier alpha value is -1.09. The van der Waals surface area contributed by atoms with Gasteiger partial charge in [-0.05, 0) is 30.5 Å². The van der Waals surface area contributed by atoms with Crippen LogP contribution >= 0.6 is 0 Å². The van der Waals surface area contributed by atoms with Gasteiger partial charge in [-0.1, -0.05) is 13.8 Å². The lowest BCUT2D eigenvalue weighted by Crippen LogP contribution is -2.23. The molecule has 0 aromatic carbocycles. The Labute approximate surface area is 91.3 Å². The smallest absolute Gasteiger partial charge is 0.0545 e. The van der Waals surface area contributed by atoms with Crippen molar-refractivity contribution in [1.29, 1.82) is 0 Å². The van der Waals surface area contributed by atoms with Crippen molar-refractivity contribution < 1.29 is 0 Å². The lowest BCUT2D eigenvalue weighted by Gasteiger charge is -2.19. The van der Waals surface area contributed by atoms with Gasteiger partial charge in [-0.3, -0.25) is 9.88 Å². The predicted molar refractivity (Wildman–Crippen MR) is 62.3 cm³/mol. The van der Waals surface area contributed by atoms with Crippen LogP contribution in [0.5, 0.6) is 0 Å². The highest BCUT2D eigenvalue weighted by atomic mass is 15.2. The summed E-state index contributed by atoms with van der Waals surface area (Å²) in [5.41, 5.74) is 7.92. The first-order valence-electron chi connectivity index (χ1n) is 5.48. The zero-order valence-electron chi connectivity index (χ0n) is 9.53. The van der Waals surface area contributed by atoms with E-state index in [9.17, 15) is 0 Å². The summed E-state index contributed by atoms with van der Waals surface area (Å²) < 4.78 is 0. The van der Waals surface area contributed by atoms with E-state index < -0.39 is 0 Å². The van der Waals surface area contributed by atoms with Crippen LogP contribution in [0.15, 0.2) is 18.3 Å². The fourth-order valence-electron chi connectivity index (χ4n) is 2.12. The van der Waals surface area contributed by atoms with Crippen molar-refractivity contribution in [2.45, 2.75) is 26.8 Å². The Bertz CT molecular complexity index is 329. The molecule has 1 aromatic heterocycles. The zero-order valence-corrected chi connectivity index (χ0v) is 9.53. The minimum Gasteiger partial charge on any atom is -0.397 e. The van der Waals surface area contributed by atoms with E-state index in [1.807, 2.05) is 12.1 Å². The number of hydrogen-bond donors (Lipinski definition) is 1. The summed E-state index contributed by atoms with van der Waals surface area (Å²) in [7, 11) is 0. The number of rotatable bonds is 2. The van der Waals surface area contributed by atoms with Gasteiger partial charge in [0, 0.05) is 13.1 Å². The molecular weight excluding hydrogens is 186 g/mol. The maximum Gasteiger partial charge on any atom is 0.0545 e. The van der Waals surface area contributed by atoms with E-state index in [1.165, 1.54) is 19.5 Å². The fraction of sp³-hybridized carbons (Fsp3) is 0.583. The highest BCUT2D eigenvalue weighted by Gasteiger charge is 2.28. The van der Waals surface area contributed by atoms with Crippen molar-refractivity contribution in [3.8, 4) is 0 Å². The molecule has 0 saturated carbocycles. The highest BCUT2D eigenvalue weighted by molar-refractivity contribution is 5.34. The van der Waals surface area contributed by atoms with Gasteiger partial charge in [-0.2, -0.15) is 0 Å². The number of pyridine rings is 1. The van der Waals surface area contributed by atoms with Crippen LogP contribution in [0.3, 0.4) is 0 Å². The second-order valence-electron chi connectivity index (χ2n) is 5.21. The summed E-state index contributed by atoms with van der Waals surface area (Å²) in [4.78, 5) is 6.78. The average molecular weight is 205 g/mol. The van der Waals surface area contributed by atoms with Crippen molar-refractivity contribution in [3.05, 3.63) is 24.0 Å². The van der Waals surface area contributed by atoms with Crippen LogP contribution in [0, 0.1) is 5.41 Å². The normalized spacial score (nSPS) is 20.7. The second kappa shape index (κ2) is 3.81. The number of hydrogen-bond acceptors (Lipinski definition) is 3. The molecule has 1 aliphatic rings. The molecule has 3 heteroatoms. The molecular formula is C12H19N3. The Morgan fingerprint density at radius 3 is 2.80 bits per heavy atom. The van der Waals surface area contributed by atoms with Crippen molar-refractivity contribution in [3.63, 3.8) is 0 Å². The number of nitrogens with zero attached hydrogens (tertiary/aromatic N) is 2. The number of likely N-dealkylation sites (tertiary alicyclic amines) is 1. The SMILES string of the molecule is CC1(C)CCN(Cc2ccc(N)cn2)C1. The van der Waals surface area contributed by atoms with Crippen molar-refractivity contribution >= 4 is 5.69 Å². The minimum atomic E-state index is 0.466. The van der Waals surface area contributed by atoms with Gasteiger partial charge in [0.25, 0.3) is 0 Å². The van der Waals surface area contributed by atoms with E-state index >= 15 is 0 Å². The van der Waals surface area contributed by atoms with Crippen LogP contribution in [0.2, 0.25) is 0 Å².